The average Bonchev–Trinajstić information content (AvgIpc) is 2.79. The summed E-state index contributed by atoms with van der Waals surface area (Å²) in [6, 6.07) is 3.80. The van der Waals surface area contributed by atoms with Crippen molar-refractivity contribution < 1.29 is 62.2 Å². The Morgan fingerprint density at radius 3 is 1.89 bits per heavy atom. The van der Waals surface area contributed by atoms with E-state index in [0.29, 0.717) is 12.0 Å². The van der Waals surface area contributed by atoms with E-state index in [9.17, 15) is 57.5 Å². The van der Waals surface area contributed by atoms with Crippen LogP contribution in [-0.2, 0) is 11.2 Å². The van der Waals surface area contributed by atoms with Crippen LogP contribution in [0.2, 0.25) is 0 Å². The van der Waals surface area contributed by atoms with Crippen molar-refractivity contribution in [1.82, 2.24) is 0 Å². The molecule has 0 unspecified atom stereocenters. The summed E-state index contributed by atoms with van der Waals surface area (Å²) in [5.74, 6) is -34.4. The lowest BCUT2D eigenvalue weighted by Gasteiger charge is -2.41. The molecule has 0 aliphatic heterocycles. The van der Waals surface area contributed by atoms with Gasteiger partial charge in [0.05, 0.1) is 5.92 Å². The van der Waals surface area contributed by atoms with Crippen LogP contribution in [0.5, 0.6) is 5.75 Å². The third kappa shape index (κ3) is 5.97. The number of ether oxygens (including phenoxy) is 1. The monoisotopic (exact) mass is 560 g/mol. The quantitative estimate of drug-likeness (QED) is 0.124. The van der Waals surface area contributed by atoms with Crippen molar-refractivity contribution in [1.29, 1.82) is 0 Å². The van der Waals surface area contributed by atoms with E-state index in [2.05, 4.69) is 0 Å². The topological polar surface area (TPSA) is 26.3 Å². The van der Waals surface area contributed by atoms with Crippen molar-refractivity contribution in [3.63, 3.8) is 0 Å². The number of aryl methyl sites for hydroxylation is 1. The summed E-state index contributed by atoms with van der Waals surface area (Å²) in [5, 5.41) is 0. The lowest BCUT2D eigenvalue weighted by atomic mass is 9.76. The predicted molar refractivity (Wildman–Crippen MR) is 107 cm³/mol. The first-order chi connectivity index (χ1) is 16.8. The van der Waals surface area contributed by atoms with Gasteiger partial charge in [0.15, 0.2) is 11.6 Å². The van der Waals surface area contributed by atoms with Gasteiger partial charge >= 0.3 is 35.8 Å². The summed E-state index contributed by atoms with van der Waals surface area (Å²) in [4.78, 5) is 12.3. The number of alkyl halides is 11. The van der Waals surface area contributed by atoms with Gasteiger partial charge in [-0.25, -0.2) is 4.39 Å². The molecule has 0 bridgehead atoms. The van der Waals surface area contributed by atoms with E-state index in [1.165, 1.54) is 6.07 Å². The lowest BCUT2D eigenvalue weighted by molar-refractivity contribution is -0.427. The largest absolute Gasteiger partial charge is 0.460 e. The molecule has 0 heterocycles. The molecule has 0 aromatic heterocycles. The van der Waals surface area contributed by atoms with Gasteiger partial charge < -0.3 is 4.74 Å². The Hall–Kier alpha value is -2.15. The third-order valence-corrected chi connectivity index (χ3v) is 6.41. The molecule has 2 rings (SSSR count). The molecule has 1 saturated carbocycles. The minimum absolute atomic E-state index is 0.489. The Kier molecular flexibility index (Phi) is 9.17. The Balaban J connectivity index is 2.07. The molecule has 1 fully saturated rings. The number of carbonyl (C=O) groups excluding carboxylic acids is 1. The highest BCUT2D eigenvalue weighted by atomic mass is 19.4. The summed E-state index contributed by atoms with van der Waals surface area (Å²) in [6.45, 7) is 1.98. The van der Waals surface area contributed by atoms with E-state index in [1.807, 2.05) is 6.92 Å². The second-order valence-electron chi connectivity index (χ2n) is 9.04. The zero-order chi connectivity index (χ0) is 28.4. The molecule has 0 N–H and O–H groups in total. The fourth-order valence-corrected chi connectivity index (χ4v) is 4.09. The normalized spacial score (nSPS) is 20.1. The molecule has 212 valence electrons. The van der Waals surface area contributed by atoms with Gasteiger partial charge in [0, 0.05) is 5.92 Å². The molecule has 37 heavy (non-hydrogen) atoms. The van der Waals surface area contributed by atoms with Crippen LogP contribution in [0.25, 0.3) is 0 Å². The van der Waals surface area contributed by atoms with Gasteiger partial charge in [-0.1, -0.05) is 25.8 Å². The number of benzene rings is 1. The van der Waals surface area contributed by atoms with Crippen molar-refractivity contribution in [2.45, 2.75) is 88.2 Å². The standard InChI is InChI=1S/C23H24F12O2/c1-2-3-4-5-13-6-11-17(16(24)12-13)37-18(36)14-7-9-15(10-8-14)19(25,26)20(27,28)21(29,30)22(31,32)23(33,34)35/h6,11-12,14-15H,2-5,7-10H2,1H3. The average molecular weight is 560 g/mol. The van der Waals surface area contributed by atoms with Crippen LogP contribution in [0.1, 0.15) is 57.4 Å². The van der Waals surface area contributed by atoms with Gasteiger partial charge in [-0.2, -0.15) is 48.3 Å². The fourth-order valence-electron chi connectivity index (χ4n) is 4.09. The summed E-state index contributed by atoms with van der Waals surface area (Å²) in [6.07, 6.45) is -7.51. The second kappa shape index (κ2) is 10.9. The molecule has 0 spiro atoms. The highest BCUT2D eigenvalue weighted by Crippen LogP contribution is 2.60. The first-order valence-corrected chi connectivity index (χ1v) is 11.4. The Labute approximate surface area is 204 Å². The van der Waals surface area contributed by atoms with Gasteiger partial charge in [0.1, 0.15) is 0 Å². The van der Waals surface area contributed by atoms with E-state index < -0.39 is 84.9 Å². The summed E-state index contributed by atoms with van der Waals surface area (Å²) < 4.78 is 165. The van der Waals surface area contributed by atoms with E-state index in [1.54, 1.807) is 0 Å². The highest BCUT2D eigenvalue weighted by Gasteiger charge is 2.87. The highest BCUT2D eigenvalue weighted by molar-refractivity contribution is 5.75. The number of unbranched alkanes of at least 4 members (excludes halogenated alkanes) is 2. The number of hydrogen-bond acceptors (Lipinski definition) is 2. The van der Waals surface area contributed by atoms with Crippen LogP contribution in [0.15, 0.2) is 18.2 Å². The van der Waals surface area contributed by atoms with Crippen LogP contribution >= 0.6 is 0 Å². The first kappa shape index (κ1) is 31.1. The third-order valence-electron chi connectivity index (χ3n) is 6.41. The number of halogens is 12. The Bertz CT molecular complexity index is 934. The molecule has 1 aliphatic rings. The van der Waals surface area contributed by atoms with E-state index >= 15 is 0 Å². The van der Waals surface area contributed by atoms with Crippen molar-refractivity contribution in [2.24, 2.45) is 11.8 Å². The van der Waals surface area contributed by atoms with Crippen LogP contribution in [0, 0.1) is 17.7 Å². The lowest BCUT2D eigenvalue weighted by Crippen LogP contribution is -2.67. The maximum Gasteiger partial charge on any atom is 0.460 e. The number of esters is 1. The van der Waals surface area contributed by atoms with Gasteiger partial charge in [-0.3, -0.25) is 4.79 Å². The number of carbonyl (C=O) groups is 1. The first-order valence-electron chi connectivity index (χ1n) is 11.4. The molecule has 1 aliphatic carbocycles. The molecular weight excluding hydrogens is 536 g/mol. The summed E-state index contributed by atoms with van der Waals surface area (Å²) in [5.41, 5.74) is 0.627. The zero-order valence-electron chi connectivity index (χ0n) is 19.4. The van der Waals surface area contributed by atoms with E-state index in [0.717, 1.165) is 31.4 Å². The number of hydrogen-bond donors (Lipinski definition) is 0. The molecule has 0 radical (unpaired) electrons. The molecule has 14 heteroatoms. The maximum atomic E-state index is 14.3. The summed E-state index contributed by atoms with van der Waals surface area (Å²) >= 11 is 0. The number of rotatable bonds is 10. The van der Waals surface area contributed by atoms with E-state index in [4.69, 9.17) is 4.74 Å². The predicted octanol–water partition coefficient (Wildman–Crippen LogP) is 8.37. The van der Waals surface area contributed by atoms with Gasteiger partial charge in [0.25, 0.3) is 0 Å². The molecular formula is C23H24F12O2. The van der Waals surface area contributed by atoms with Crippen LogP contribution in [0.3, 0.4) is 0 Å². The van der Waals surface area contributed by atoms with Crippen LogP contribution in [-0.4, -0.2) is 35.8 Å². The van der Waals surface area contributed by atoms with Crippen molar-refractivity contribution in [2.75, 3.05) is 0 Å². The Morgan fingerprint density at radius 1 is 0.838 bits per heavy atom. The fraction of sp³-hybridized carbons (Fsp3) is 0.696. The molecule has 0 atom stereocenters. The zero-order valence-corrected chi connectivity index (χ0v) is 19.4. The maximum absolute atomic E-state index is 14.3. The SMILES string of the molecule is CCCCCc1ccc(OC(=O)C2CCC(C(F)(F)C(F)(F)C(F)(F)C(F)(F)C(F)(F)F)CC2)c(F)c1. The second-order valence-corrected chi connectivity index (χ2v) is 9.04. The van der Waals surface area contributed by atoms with Crippen molar-refractivity contribution >= 4 is 5.97 Å². The minimum atomic E-state index is -7.46. The van der Waals surface area contributed by atoms with Crippen molar-refractivity contribution in [3.8, 4) is 5.75 Å². The smallest absolute Gasteiger partial charge is 0.423 e. The molecule has 1 aromatic rings. The van der Waals surface area contributed by atoms with Crippen LogP contribution in [0.4, 0.5) is 52.7 Å². The molecule has 2 nitrogen and oxygen atoms in total. The van der Waals surface area contributed by atoms with E-state index in [-0.39, 0.29) is 0 Å². The van der Waals surface area contributed by atoms with Crippen LogP contribution < -0.4 is 4.74 Å². The van der Waals surface area contributed by atoms with Gasteiger partial charge in [-0.15, -0.1) is 0 Å². The Morgan fingerprint density at radius 2 is 1.41 bits per heavy atom. The van der Waals surface area contributed by atoms with Crippen molar-refractivity contribution in [3.05, 3.63) is 29.6 Å². The minimum Gasteiger partial charge on any atom is -0.423 e. The molecule has 0 amide bonds. The van der Waals surface area contributed by atoms with Gasteiger partial charge in [0.2, 0.25) is 0 Å². The molecule has 0 saturated heterocycles. The summed E-state index contributed by atoms with van der Waals surface area (Å²) in [7, 11) is 0. The van der Waals surface area contributed by atoms with Gasteiger partial charge in [-0.05, 0) is 56.2 Å². The molecule has 1 aromatic carbocycles.